The summed E-state index contributed by atoms with van der Waals surface area (Å²) in [6.45, 7) is 5.14. The number of aliphatic imine (C=N–C) groups is 1. The molecular formula is C15H26N2O2S. The zero-order chi connectivity index (χ0) is 14.6. The van der Waals surface area contributed by atoms with Crippen molar-refractivity contribution in [2.45, 2.75) is 52.0 Å². The molecule has 4 nitrogen and oxygen atoms in total. The predicted octanol–water partition coefficient (Wildman–Crippen LogP) is 2.83. The van der Waals surface area contributed by atoms with Crippen LogP contribution in [0.1, 0.15) is 46.0 Å². The Morgan fingerprint density at radius 2 is 2.15 bits per heavy atom. The van der Waals surface area contributed by atoms with Gasteiger partial charge in [0.1, 0.15) is 6.04 Å². The molecule has 1 N–H and O–H groups in total. The van der Waals surface area contributed by atoms with Crippen molar-refractivity contribution in [1.82, 2.24) is 5.32 Å². The predicted molar refractivity (Wildman–Crippen MR) is 84.1 cm³/mol. The average Bonchev–Trinajstić information content (AvgIpc) is 2.88. The second-order valence-electron chi connectivity index (χ2n) is 6.47. The number of hydrogen-bond donors (Lipinski definition) is 1. The van der Waals surface area contributed by atoms with E-state index in [4.69, 9.17) is 4.74 Å². The van der Waals surface area contributed by atoms with Crippen molar-refractivity contribution in [3.05, 3.63) is 0 Å². The zero-order valence-electron chi connectivity index (χ0n) is 12.8. The summed E-state index contributed by atoms with van der Waals surface area (Å²) in [4.78, 5) is 16.5. The van der Waals surface area contributed by atoms with E-state index in [9.17, 15) is 4.79 Å². The summed E-state index contributed by atoms with van der Waals surface area (Å²) in [5.41, 5.74) is 0.439. The average molecular weight is 298 g/mol. The summed E-state index contributed by atoms with van der Waals surface area (Å²) in [6.07, 6.45) is 6.08. The van der Waals surface area contributed by atoms with E-state index in [-0.39, 0.29) is 12.0 Å². The van der Waals surface area contributed by atoms with E-state index >= 15 is 0 Å². The minimum Gasteiger partial charge on any atom is -0.467 e. The van der Waals surface area contributed by atoms with Gasteiger partial charge in [0, 0.05) is 12.3 Å². The zero-order valence-corrected chi connectivity index (χ0v) is 13.6. The fourth-order valence-corrected chi connectivity index (χ4v) is 4.25. The molecule has 0 aromatic heterocycles. The molecule has 0 amide bonds. The van der Waals surface area contributed by atoms with Crippen LogP contribution in [-0.2, 0) is 9.53 Å². The van der Waals surface area contributed by atoms with E-state index in [0.717, 1.165) is 23.9 Å². The van der Waals surface area contributed by atoms with Crippen molar-refractivity contribution < 1.29 is 9.53 Å². The van der Waals surface area contributed by atoms with Gasteiger partial charge in [-0.25, -0.2) is 4.79 Å². The molecule has 1 saturated carbocycles. The summed E-state index contributed by atoms with van der Waals surface area (Å²) in [5.74, 6) is 1.39. The summed E-state index contributed by atoms with van der Waals surface area (Å²) in [5, 5.41) is 4.20. The first kappa shape index (κ1) is 15.7. The number of carbonyl (C=O) groups is 1. The third-order valence-electron chi connectivity index (χ3n) is 4.23. The Kier molecular flexibility index (Phi) is 5.35. The molecule has 1 heterocycles. The maximum Gasteiger partial charge on any atom is 0.328 e. The van der Waals surface area contributed by atoms with Gasteiger partial charge in [-0.2, -0.15) is 0 Å². The minimum atomic E-state index is -0.274. The van der Waals surface area contributed by atoms with Gasteiger partial charge < -0.3 is 10.1 Å². The molecule has 1 spiro atoms. The number of hydrogen-bond acceptors (Lipinski definition) is 5. The normalized spacial score (nSPS) is 22.7. The van der Waals surface area contributed by atoms with Crippen molar-refractivity contribution >= 4 is 22.9 Å². The molecule has 1 aliphatic heterocycles. The largest absolute Gasteiger partial charge is 0.467 e. The molecule has 0 radical (unpaired) electrons. The summed E-state index contributed by atoms with van der Waals surface area (Å²) in [6, 6.07) is -0.274. The standard InChI is InChI=1S/C15H26N2O2S/c1-11(2)8-12(13(18)19-3)17-14-16-9-15(10-20-14)6-4-5-7-15/h11-12H,4-10H2,1-3H3,(H,16,17). The molecule has 2 aliphatic rings. The third-order valence-corrected chi connectivity index (χ3v) is 5.50. The second-order valence-corrected chi connectivity index (χ2v) is 7.43. The van der Waals surface area contributed by atoms with Crippen molar-refractivity contribution in [3.8, 4) is 0 Å². The first-order valence-electron chi connectivity index (χ1n) is 7.56. The number of nitrogens with one attached hydrogen (secondary N) is 1. The maximum atomic E-state index is 11.8. The van der Waals surface area contributed by atoms with E-state index < -0.39 is 0 Å². The molecule has 114 valence electrons. The number of methoxy groups -OCH3 is 1. The monoisotopic (exact) mass is 298 g/mol. The number of amidine groups is 1. The first-order chi connectivity index (χ1) is 9.54. The van der Waals surface area contributed by atoms with Crippen molar-refractivity contribution in [2.75, 3.05) is 19.4 Å². The third kappa shape index (κ3) is 3.90. The van der Waals surface area contributed by atoms with Gasteiger partial charge in [0.2, 0.25) is 0 Å². The van der Waals surface area contributed by atoms with Crippen LogP contribution in [0.2, 0.25) is 0 Å². The topological polar surface area (TPSA) is 50.7 Å². The SMILES string of the molecule is COC(=O)C(CC(C)C)NC1=NCC2(CCCC2)CS1. The number of carbonyl (C=O) groups excluding carboxylic acids is 1. The van der Waals surface area contributed by atoms with Crippen LogP contribution in [0, 0.1) is 11.3 Å². The van der Waals surface area contributed by atoms with Crippen LogP contribution < -0.4 is 5.32 Å². The van der Waals surface area contributed by atoms with Crippen molar-refractivity contribution in [2.24, 2.45) is 16.3 Å². The van der Waals surface area contributed by atoms with Crippen molar-refractivity contribution in [3.63, 3.8) is 0 Å². The molecule has 1 unspecified atom stereocenters. The highest BCUT2D eigenvalue weighted by Crippen LogP contribution is 2.43. The van der Waals surface area contributed by atoms with Gasteiger partial charge in [0.25, 0.3) is 0 Å². The van der Waals surface area contributed by atoms with E-state index in [2.05, 4.69) is 24.2 Å². The summed E-state index contributed by atoms with van der Waals surface area (Å²) < 4.78 is 4.88. The number of esters is 1. The Morgan fingerprint density at radius 1 is 1.45 bits per heavy atom. The molecule has 1 atom stereocenters. The van der Waals surface area contributed by atoms with Gasteiger partial charge in [0.15, 0.2) is 5.17 Å². The van der Waals surface area contributed by atoms with Crippen LogP contribution in [0.15, 0.2) is 4.99 Å². The molecule has 1 fully saturated rings. The number of rotatable bonds is 4. The van der Waals surface area contributed by atoms with Crippen LogP contribution >= 0.6 is 11.8 Å². The molecular weight excluding hydrogens is 272 g/mol. The number of nitrogens with zero attached hydrogens (tertiary/aromatic N) is 1. The van der Waals surface area contributed by atoms with Crippen LogP contribution in [0.25, 0.3) is 0 Å². The fraction of sp³-hybridized carbons (Fsp3) is 0.867. The Labute approximate surface area is 126 Å². The van der Waals surface area contributed by atoms with E-state index in [1.807, 2.05) is 0 Å². The molecule has 0 aromatic carbocycles. The lowest BCUT2D eigenvalue weighted by Gasteiger charge is -2.32. The lowest BCUT2D eigenvalue weighted by molar-refractivity contribution is -0.143. The molecule has 0 bridgehead atoms. The highest BCUT2D eigenvalue weighted by molar-refractivity contribution is 8.13. The van der Waals surface area contributed by atoms with Gasteiger partial charge in [0.05, 0.1) is 7.11 Å². The maximum absolute atomic E-state index is 11.8. The van der Waals surface area contributed by atoms with Gasteiger partial charge in [-0.3, -0.25) is 4.99 Å². The quantitative estimate of drug-likeness (QED) is 0.811. The van der Waals surface area contributed by atoms with E-state index in [0.29, 0.717) is 11.3 Å². The summed E-state index contributed by atoms with van der Waals surface area (Å²) in [7, 11) is 1.45. The van der Waals surface area contributed by atoms with E-state index in [1.54, 1.807) is 11.8 Å². The van der Waals surface area contributed by atoms with Gasteiger partial charge >= 0.3 is 5.97 Å². The van der Waals surface area contributed by atoms with Gasteiger partial charge in [-0.15, -0.1) is 0 Å². The van der Waals surface area contributed by atoms with Crippen LogP contribution in [0.3, 0.4) is 0 Å². The number of thioether (sulfide) groups is 1. The Bertz CT molecular complexity index is 376. The minimum absolute atomic E-state index is 0.192. The Balaban J connectivity index is 1.93. The molecule has 0 saturated heterocycles. The van der Waals surface area contributed by atoms with Gasteiger partial charge in [-0.1, -0.05) is 38.5 Å². The fourth-order valence-electron chi connectivity index (χ4n) is 3.04. The van der Waals surface area contributed by atoms with Crippen LogP contribution in [-0.4, -0.2) is 36.6 Å². The Morgan fingerprint density at radius 3 is 2.65 bits per heavy atom. The highest BCUT2D eigenvalue weighted by Gasteiger charge is 2.37. The van der Waals surface area contributed by atoms with E-state index in [1.165, 1.54) is 32.8 Å². The smallest absolute Gasteiger partial charge is 0.328 e. The highest BCUT2D eigenvalue weighted by atomic mass is 32.2. The Hall–Kier alpha value is -0.710. The van der Waals surface area contributed by atoms with Crippen LogP contribution in [0.4, 0.5) is 0 Å². The van der Waals surface area contributed by atoms with Crippen LogP contribution in [0.5, 0.6) is 0 Å². The summed E-state index contributed by atoms with van der Waals surface area (Å²) >= 11 is 1.77. The molecule has 20 heavy (non-hydrogen) atoms. The molecule has 1 aliphatic carbocycles. The van der Waals surface area contributed by atoms with Gasteiger partial charge in [-0.05, 0) is 30.6 Å². The lowest BCUT2D eigenvalue weighted by atomic mass is 9.89. The second kappa shape index (κ2) is 6.83. The number of ether oxygens (including phenoxy) is 1. The molecule has 0 aromatic rings. The molecule has 2 rings (SSSR count). The van der Waals surface area contributed by atoms with Crippen molar-refractivity contribution in [1.29, 1.82) is 0 Å². The lowest BCUT2D eigenvalue weighted by Crippen LogP contribution is -2.43. The first-order valence-corrected chi connectivity index (χ1v) is 8.55. The molecule has 5 heteroatoms.